The number of ether oxygens (including phenoxy) is 1. The van der Waals surface area contributed by atoms with Crippen LogP contribution in [0.2, 0.25) is 0 Å². The second-order valence-corrected chi connectivity index (χ2v) is 9.58. The van der Waals surface area contributed by atoms with Crippen LogP contribution in [0.5, 0.6) is 11.5 Å². The summed E-state index contributed by atoms with van der Waals surface area (Å²) in [5, 5.41) is 13.8. The zero-order valence-electron chi connectivity index (χ0n) is 22.5. The molecule has 0 spiro atoms. The van der Waals surface area contributed by atoms with E-state index in [-0.39, 0.29) is 23.5 Å². The third-order valence-electron chi connectivity index (χ3n) is 6.69. The van der Waals surface area contributed by atoms with Crippen LogP contribution in [0, 0.1) is 5.92 Å². The van der Waals surface area contributed by atoms with Crippen molar-refractivity contribution in [2.24, 2.45) is 5.92 Å². The molecule has 2 atom stereocenters. The summed E-state index contributed by atoms with van der Waals surface area (Å²) >= 11 is 0. The fourth-order valence-electron chi connectivity index (χ4n) is 4.26. The highest BCUT2D eigenvalue weighted by atomic mass is 16.5. The standard InChI is InChI=1S/C31H39N3O4/c1-4-18-34(31(37)28(22(3)5-2)33-30(36)25-14-9-15-26(32)20-25)19-17-24-13-10-16-27(29(24)35)38-21-23-11-7-6-8-12-23/h6-16,20,22,28,35H,4-5,17-19,21,32H2,1-3H3,(H,33,36)/t22?,28-/m0/s1. The average molecular weight is 518 g/mol. The van der Waals surface area contributed by atoms with Crippen LogP contribution in [0.4, 0.5) is 5.69 Å². The predicted molar refractivity (Wildman–Crippen MR) is 151 cm³/mol. The summed E-state index contributed by atoms with van der Waals surface area (Å²) in [6.45, 7) is 7.28. The van der Waals surface area contributed by atoms with Crippen LogP contribution in [-0.2, 0) is 17.8 Å². The second-order valence-electron chi connectivity index (χ2n) is 9.58. The predicted octanol–water partition coefficient (Wildman–Crippen LogP) is 5.18. The lowest BCUT2D eigenvalue weighted by Crippen LogP contribution is -2.52. The summed E-state index contributed by atoms with van der Waals surface area (Å²) in [7, 11) is 0. The lowest BCUT2D eigenvalue weighted by molar-refractivity contribution is -0.134. The van der Waals surface area contributed by atoms with Crippen molar-refractivity contribution in [1.29, 1.82) is 0 Å². The van der Waals surface area contributed by atoms with Crippen LogP contribution < -0.4 is 15.8 Å². The summed E-state index contributed by atoms with van der Waals surface area (Å²) in [5.74, 6) is -0.0231. The number of para-hydroxylation sites is 1. The number of nitrogens with zero attached hydrogens (tertiary/aromatic N) is 1. The Kier molecular flexibility index (Phi) is 10.6. The highest BCUT2D eigenvalue weighted by Crippen LogP contribution is 2.31. The molecular weight excluding hydrogens is 478 g/mol. The first-order valence-electron chi connectivity index (χ1n) is 13.3. The zero-order chi connectivity index (χ0) is 27.5. The number of rotatable bonds is 13. The molecule has 0 saturated heterocycles. The Bertz CT molecular complexity index is 1200. The molecule has 0 saturated carbocycles. The van der Waals surface area contributed by atoms with Crippen molar-refractivity contribution < 1.29 is 19.4 Å². The van der Waals surface area contributed by atoms with Crippen LogP contribution in [0.15, 0.2) is 72.8 Å². The van der Waals surface area contributed by atoms with Crippen molar-refractivity contribution in [3.8, 4) is 11.5 Å². The highest BCUT2D eigenvalue weighted by Gasteiger charge is 2.30. The monoisotopic (exact) mass is 517 g/mol. The van der Waals surface area contributed by atoms with Crippen molar-refractivity contribution >= 4 is 17.5 Å². The number of phenolic OH excluding ortho intramolecular Hbond substituents is 1. The molecule has 38 heavy (non-hydrogen) atoms. The fourth-order valence-corrected chi connectivity index (χ4v) is 4.26. The first kappa shape index (κ1) is 28.6. The van der Waals surface area contributed by atoms with Gasteiger partial charge in [-0.2, -0.15) is 0 Å². The molecule has 2 amide bonds. The van der Waals surface area contributed by atoms with E-state index in [0.29, 0.717) is 48.7 Å². The number of anilines is 1. The van der Waals surface area contributed by atoms with Crippen LogP contribution in [0.25, 0.3) is 0 Å². The first-order valence-corrected chi connectivity index (χ1v) is 13.3. The van der Waals surface area contributed by atoms with Crippen LogP contribution in [0.1, 0.15) is 55.1 Å². The molecule has 3 rings (SSSR count). The van der Waals surface area contributed by atoms with E-state index in [1.165, 1.54) is 0 Å². The Morgan fingerprint density at radius 3 is 2.42 bits per heavy atom. The number of nitrogens with two attached hydrogens (primary N) is 1. The van der Waals surface area contributed by atoms with E-state index in [1.54, 1.807) is 35.2 Å². The maximum Gasteiger partial charge on any atom is 0.252 e. The van der Waals surface area contributed by atoms with Gasteiger partial charge in [0.2, 0.25) is 5.91 Å². The molecule has 0 aliphatic heterocycles. The van der Waals surface area contributed by atoms with Crippen LogP contribution in [0.3, 0.4) is 0 Å². The Labute approximate surface area is 225 Å². The molecule has 4 N–H and O–H groups in total. The molecule has 1 unspecified atom stereocenters. The zero-order valence-corrected chi connectivity index (χ0v) is 22.5. The van der Waals surface area contributed by atoms with Gasteiger partial charge in [0.15, 0.2) is 11.5 Å². The van der Waals surface area contributed by atoms with Gasteiger partial charge < -0.3 is 25.8 Å². The van der Waals surface area contributed by atoms with Gasteiger partial charge in [-0.25, -0.2) is 0 Å². The Morgan fingerprint density at radius 1 is 1.00 bits per heavy atom. The molecule has 3 aromatic rings. The highest BCUT2D eigenvalue weighted by molar-refractivity contribution is 5.98. The minimum Gasteiger partial charge on any atom is -0.504 e. The molecule has 3 aromatic carbocycles. The van der Waals surface area contributed by atoms with Gasteiger partial charge in [-0.1, -0.05) is 75.7 Å². The number of nitrogen functional groups attached to an aromatic ring is 1. The molecular formula is C31H39N3O4. The van der Waals surface area contributed by atoms with E-state index in [0.717, 1.165) is 18.4 Å². The maximum absolute atomic E-state index is 13.7. The lowest BCUT2D eigenvalue weighted by atomic mass is 9.96. The van der Waals surface area contributed by atoms with E-state index in [2.05, 4.69) is 5.32 Å². The van der Waals surface area contributed by atoms with Crippen molar-refractivity contribution in [1.82, 2.24) is 10.2 Å². The molecule has 0 aromatic heterocycles. The molecule has 7 nitrogen and oxygen atoms in total. The molecule has 0 aliphatic carbocycles. The number of hydrogen-bond donors (Lipinski definition) is 3. The van der Waals surface area contributed by atoms with Gasteiger partial charge in [0.1, 0.15) is 12.6 Å². The molecule has 0 fully saturated rings. The molecule has 0 aliphatic rings. The van der Waals surface area contributed by atoms with Gasteiger partial charge in [-0.05, 0) is 54.2 Å². The maximum atomic E-state index is 13.7. The van der Waals surface area contributed by atoms with Gasteiger partial charge in [0.25, 0.3) is 5.91 Å². The smallest absolute Gasteiger partial charge is 0.252 e. The van der Waals surface area contributed by atoms with Crippen LogP contribution in [-0.4, -0.2) is 41.0 Å². The third kappa shape index (κ3) is 7.75. The SMILES string of the molecule is CCCN(CCc1cccc(OCc2ccccc2)c1O)C(=O)[C@@H](NC(=O)c1cccc(N)c1)C(C)CC. The lowest BCUT2D eigenvalue weighted by Gasteiger charge is -2.31. The van der Waals surface area contributed by atoms with Gasteiger partial charge >= 0.3 is 0 Å². The van der Waals surface area contributed by atoms with Crippen molar-refractivity contribution in [3.05, 3.63) is 89.5 Å². The molecule has 0 heterocycles. The van der Waals surface area contributed by atoms with E-state index in [4.69, 9.17) is 10.5 Å². The summed E-state index contributed by atoms with van der Waals surface area (Å²) in [6, 6.07) is 21.2. The fraction of sp³-hybridized carbons (Fsp3) is 0.355. The molecule has 0 radical (unpaired) electrons. The summed E-state index contributed by atoms with van der Waals surface area (Å²) < 4.78 is 5.86. The number of hydrogen-bond acceptors (Lipinski definition) is 5. The number of phenols is 1. The van der Waals surface area contributed by atoms with Crippen molar-refractivity contribution in [2.45, 2.75) is 52.7 Å². The number of nitrogens with one attached hydrogen (secondary N) is 1. The van der Waals surface area contributed by atoms with Gasteiger partial charge in [-0.15, -0.1) is 0 Å². The topological polar surface area (TPSA) is 105 Å². The van der Waals surface area contributed by atoms with Gasteiger partial charge in [0.05, 0.1) is 0 Å². The number of carbonyl (C=O) groups excluding carboxylic acids is 2. The quantitative estimate of drug-likeness (QED) is 0.271. The summed E-state index contributed by atoms with van der Waals surface area (Å²) in [5.41, 5.74) is 8.47. The largest absolute Gasteiger partial charge is 0.504 e. The normalized spacial score (nSPS) is 12.4. The molecule has 202 valence electrons. The number of benzene rings is 3. The Hall–Kier alpha value is -4.00. The number of aromatic hydroxyl groups is 1. The molecule has 7 heteroatoms. The van der Waals surface area contributed by atoms with E-state index < -0.39 is 6.04 Å². The minimum atomic E-state index is -0.672. The summed E-state index contributed by atoms with van der Waals surface area (Å²) in [4.78, 5) is 28.4. The van der Waals surface area contributed by atoms with E-state index in [9.17, 15) is 14.7 Å². The van der Waals surface area contributed by atoms with E-state index >= 15 is 0 Å². The van der Waals surface area contributed by atoms with Crippen molar-refractivity contribution in [2.75, 3.05) is 18.8 Å². The number of carbonyl (C=O) groups is 2. The van der Waals surface area contributed by atoms with E-state index in [1.807, 2.05) is 63.2 Å². The Morgan fingerprint density at radius 2 is 1.74 bits per heavy atom. The minimum absolute atomic E-state index is 0.0602. The van der Waals surface area contributed by atoms with Gasteiger partial charge in [0, 0.05) is 24.3 Å². The average Bonchev–Trinajstić information content (AvgIpc) is 2.93. The summed E-state index contributed by atoms with van der Waals surface area (Å²) in [6.07, 6.45) is 1.96. The molecule has 0 bridgehead atoms. The Balaban J connectivity index is 1.71. The van der Waals surface area contributed by atoms with Gasteiger partial charge in [-0.3, -0.25) is 9.59 Å². The number of amides is 2. The second kappa shape index (κ2) is 14.1. The van der Waals surface area contributed by atoms with Crippen LogP contribution >= 0.6 is 0 Å². The first-order chi connectivity index (χ1) is 18.3. The third-order valence-corrected chi connectivity index (χ3v) is 6.69. The van der Waals surface area contributed by atoms with Crippen molar-refractivity contribution in [3.63, 3.8) is 0 Å².